The molecule has 0 amide bonds. The van der Waals surface area contributed by atoms with Gasteiger partial charge in [0.2, 0.25) is 0 Å². The smallest absolute Gasteiger partial charge is 0.126 e. The molecular weight excluding hydrogens is 196 g/mol. The van der Waals surface area contributed by atoms with Gasteiger partial charge in [-0.25, -0.2) is 8.78 Å². The van der Waals surface area contributed by atoms with Crippen molar-refractivity contribution in [2.45, 2.75) is 20.3 Å². The maximum Gasteiger partial charge on any atom is 0.126 e. The highest BCUT2D eigenvalue weighted by Gasteiger charge is 2.12. The molecule has 0 spiro atoms. The Labute approximate surface area is 89.3 Å². The Morgan fingerprint density at radius 1 is 1.07 bits per heavy atom. The normalized spacial score (nSPS) is 15.0. The van der Waals surface area contributed by atoms with Gasteiger partial charge in [0.25, 0.3) is 0 Å². The van der Waals surface area contributed by atoms with Crippen molar-refractivity contribution in [1.82, 2.24) is 0 Å². The van der Waals surface area contributed by atoms with Crippen LogP contribution in [0.15, 0.2) is 18.2 Å². The molecule has 1 nitrogen and oxygen atoms in total. The van der Waals surface area contributed by atoms with Crippen molar-refractivity contribution in [3.05, 3.63) is 35.4 Å². The summed E-state index contributed by atoms with van der Waals surface area (Å²) >= 11 is 0. The number of hydrogen-bond donors (Lipinski definition) is 1. The lowest BCUT2D eigenvalue weighted by Crippen LogP contribution is -2.20. The summed E-state index contributed by atoms with van der Waals surface area (Å²) < 4.78 is 25.8. The van der Waals surface area contributed by atoms with Crippen LogP contribution in [0.2, 0.25) is 0 Å². The van der Waals surface area contributed by atoms with Crippen LogP contribution in [-0.2, 0) is 6.42 Å². The van der Waals surface area contributed by atoms with Crippen molar-refractivity contribution in [1.29, 1.82) is 0 Å². The van der Waals surface area contributed by atoms with E-state index in [1.54, 1.807) is 0 Å². The summed E-state index contributed by atoms with van der Waals surface area (Å²) in [5.74, 6) is -0.345. The molecule has 0 aliphatic rings. The Morgan fingerprint density at radius 3 is 2.07 bits per heavy atom. The first-order chi connectivity index (χ1) is 7.02. The van der Waals surface area contributed by atoms with Crippen molar-refractivity contribution >= 4 is 0 Å². The van der Waals surface area contributed by atoms with E-state index < -0.39 is 11.6 Å². The lowest BCUT2D eigenvalue weighted by molar-refractivity contribution is 0.393. The molecule has 0 saturated carbocycles. The average molecular weight is 213 g/mol. The van der Waals surface area contributed by atoms with Gasteiger partial charge >= 0.3 is 0 Å². The molecule has 1 aromatic carbocycles. The summed E-state index contributed by atoms with van der Waals surface area (Å²) in [5, 5.41) is 0. The van der Waals surface area contributed by atoms with Gasteiger partial charge in [0, 0.05) is 6.07 Å². The van der Waals surface area contributed by atoms with Gasteiger partial charge in [-0.05, 0) is 42.5 Å². The summed E-state index contributed by atoms with van der Waals surface area (Å²) in [5.41, 5.74) is 6.23. The second-order valence-electron chi connectivity index (χ2n) is 4.17. The summed E-state index contributed by atoms with van der Waals surface area (Å²) in [4.78, 5) is 0. The predicted octanol–water partition coefficient (Wildman–Crippen LogP) is 2.74. The highest BCUT2D eigenvalue weighted by Crippen LogP contribution is 2.17. The van der Waals surface area contributed by atoms with Gasteiger partial charge in [0.1, 0.15) is 11.6 Å². The summed E-state index contributed by atoms with van der Waals surface area (Å²) in [7, 11) is 0. The molecule has 0 aliphatic carbocycles. The number of rotatable bonds is 4. The van der Waals surface area contributed by atoms with Gasteiger partial charge in [-0.1, -0.05) is 13.8 Å². The molecule has 0 bridgehead atoms. The zero-order valence-corrected chi connectivity index (χ0v) is 9.13. The average Bonchev–Trinajstić information content (AvgIpc) is 2.14. The van der Waals surface area contributed by atoms with Crippen LogP contribution >= 0.6 is 0 Å². The summed E-state index contributed by atoms with van der Waals surface area (Å²) in [6.07, 6.45) is 0.660. The van der Waals surface area contributed by atoms with E-state index in [1.165, 1.54) is 12.1 Å². The van der Waals surface area contributed by atoms with Crippen molar-refractivity contribution in [2.24, 2.45) is 17.6 Å². The molecule has 0 heterocycles. The molecule has 2 atom stereocenters. The van der Waals surface area contributed by atoms with Crippen LogP contribution in [0.5, 0.6) is 0 Å². The van der Waals surface area contributed by atoms with Crippen molar-refractivity contribution in [2.75, 3.05) is 6.54 Å². The fourth-order valence-corrected chi connectivity index (χ4v) is 1.53. The van der Waals surface area contributed by atoms with Crippen molar-refractivity contribution in [3.63, 3.8) is 0 Å². The Bertz CT molecular complexity index is 305. The third-order valence-electron chi connectivity index (χ3n) is 2.82. The first-order valence-corrected chi connectivity index (χ1v) is 5.18. The Balaban J connectivity index is 2.72. The van der Waals surface area contributed by atoms with E-state index in [9.17, 15) is 8.78 Å². The first kappa shape index (κ1) is 12.1. The first-order valence-electron chi connectivity index (χ1n) is 5.18. The minimum absolute atomic E-state index is 0.330. The van der Waals surface area contributed by atoms with Crippen LogP contribution in [0, 0.1) is 23.5 Å². The molecular formula is C12H17F2N. The summed E-state index contributed by atoms with van der Waals surface area (Å²) in [6, 6.07) is 3.65. The van der Waals surface area contributed by atoms with Crippen LogP contribution < -0.4 is 5.73 Å². The predicted molar refractivity (Wildman–Crippen MR) is 57.4 cm³/mol. The van der Waals surface area contributed by atoms with Gasteiger partial charge in [-0.2, -0.15) is 0 Å². The monoisotopic (exact) mass is 213 g/mol. The molecule has 0 saturated heterocycles. The topological polar surface area (TPSA) is 26.0 Å². The minimum atomic E-state index is -0.516. The minimum Gasteiger partial charge on any atom is -0.330 e. The van der Waals surface area contributed by atoms with Gasteiger partial charge in [-0.3, -0.25) is 0 Å². The molecule has 1 aromatic rings. The van der Waals surface area contributed by atoms with E-state index in [2.05, 4.69) is 0 Å². The zero-order chi connectivity index (χ0) is 11.4. The second kappa shape index (κ2) is 5.21. The van der Waals surface area contributed by atoms with Crippen LogP contribution in [0.4, 0.5) is 8.78 Å². The van der Waals surface area contributed by atoms with E-state index in [0.29, 0.717) is 30.4 Å². The second-order valence-corrected chi connectivity index (χ2v) is 4.17. The standard InChI is InChI=1S/C12H17F2N/c1-8(9(2)7-15)3-10-4-11(13)6-12(14)5-10/h4-6,8-9H,3,7,15H2,1-2H3. The Hall–Kier alpha value is -0.960. The van der Waals surface area contributed by atoms with Gasteiger partial charge < -0.3 is 5.73 Å². The molecule has 0 radical (unpaired) electrons. The Morgan fingerprint density at radius 2 is 1.60 bits per heavy atom. The van der Waals surface area contributed by atoms with E-state index in [4.69, 9.17) is 5.73 Å². The molecule has 84 valence electrons. The molecule has 0 aliphatic heterocycles. The fraction of sp³-hybridized carbons (Fsp3) is 0.500. The largest absolute Gasteiger partial charge is 0.330 e. The zero-order valence-electron chi connectivity index (χ0n) is 9.13. The van der Waals surface area contributed by atoms with Crippen molar-refractivity contribution in [3.8, 4) is 0 Å². The van der Waals surface area contributed by atoms with E-state index >= 15 is 0 Å². The third kappa shape index (κ3) is 3.59. The highest BCUT2D eigenvalue weighted by atomic mass is 19.1. The van der Waals surface area contributed by atoms with E-state index in [1.807, 2.05) is 13.8 Å². The molecule has 1 rings (SSSR count). The third-order valence-corrected chi connectivity index (χ3v) is 2.82. The maximum atomic E-state index is 12.9. The quantitative estimate of drug-likeness (QED) is 0.817. The fourth-order valence-electron chi connectivity index (χ4n) is 1.53. The molecule has 0 aromatic heterocycles. The molecule has 3 heteroatoms. The van der Waals surface area contributed by atoms with Gasteiger partial charge in [0.15, 0.2) is 0 Å². The van der Waals surface area contributed by atoms with Gasteiger partial charge in [0.05, 0.1) is 0 Å². The number of benzene rings is 1. The van der Waals surface area contributed by atoms with Crippen LogP contribution in [-0.4, -0.2) is 6.54 Å². The lowest BCUT2D eigenvalue weighted by atomic mass is 9.90. The molecule has 15 heavy (non-hydrogen) atoms. The van der Waals surface area contributed by atoms with Gasteiger partial charge in [-0.15, -0.1) is 0 Å². The SMILES string of the molecule is CC(CN)C(C)Cc1cc(F)cc(F)c1. The number of halogens is 2. The number of hydrogen-bond acceptors (Lipinski definition) is 1. The maximum absolute atomic E-state index is 12.9. The molecule has 2 unspecified atom stereocenters. The Kier molecular flexibility index (Phi) is 4.21. The number of nitrogens with two attached hydrogens (primary N) is 1. The van der Waals surface area contributed by atoms with Crippen LogP contribution in [0.1, 0.15) is 19.4 Å². The highest BCUT2D eigenvalue weighted by molar-refractivity contribution is 5.18. The van der Waals surface area contributed by atoms with E-state index in [0.717, 1.165) is 6.07 Å². The summed E-state index contributed by atoms with van der Waals surface area (Å²) in [6.45, 7) is 4.68. The van der Waals surface area contributed by atoms with Crippen molar-refractivity contribution < 1.29 is 8.78 Å². The van der Waals surface area contributed by atoms with Crippen LogP contribution in [0.3, 0.4) is 0 Å². The molecule has 2 N–H and O–H groups in total. The molecule has 0 fully saturated rings. The van der Waals surface area contributed by atoms with E-state index in [-0.39, 0.29) is 0 Å². The van der Waals surface area contributed by atoms with Crippen LogP contribution in [0.25, 0.3) is 0 Å². The lowest BCUT2D eigenvalue weighted by Gasteiger charge is -2.18.